The minimum Gasteiger partial charge on any atom is -0.493 e. The SMILES string of the molecule is COc1ccc(CN(C)CCS(=O)(=O)Oc2ccccc2)cc1OC. The molecular formula is C18H23NO5S. The summed E-state index contributed by atoms with van der Waals surface area (Å²) < 4.78 is 39.7. The molecular weight excluding hydrogens is 342 g/mol. The van der Waals surface area contributed by atoms with Crippen LogP contribution in [0.2, 0.25) is 0 Å². The monoisotopic (exact) mass is 365 g/mol. The molecule has 25 heavy (non-hydrogen) atoms. The Kier molecular flexibility index (Phi) is 6.66. The van der Waals surface area contributed by atoms with E-state index in [-0.39, 0.29) is 5.75 Å². The molecule has 0 saturated carbocycles. The van der Waals surface area contributed by atoms with Gasteiger partial charge in [0, 0.05) is 13.1 Å². The topological polar surface area (TPSA) is 65.1 Å². The summed E-state index contributed by atoms with van der Waals surface area (Å²) >= 11 is 0. The second-order valence-corrected chi connectivity index (χ2v) is 7.28. The molecule has 0 aliphatic heterocycles. The van der Waals surface area contributed by atoms with E-state index in [0.717, 1.165) is 5.56 Å². The summed E-state index contributed by atoms with van der Waals surface area (Å²) in [5.41, 5.74) is 1.00. The summed E-state index contributed by atoms with van der Waals surface area (Å²) in [4.78, 5) is 1.91. The Morgan fingerprint density at radius 2 is 1.64 bits per heavy atom. The Labute approximate surface area is 149 Å². The third-order valence-corrected chi connectivity index (χ3v) is 4.72. The van der Waals surface area contributed by atoms with Crippen molar-refractivity contribution >= 4 is 10.1 Å². The highest BCUT2D eigenvalue weighted by atomic mass is 32.2. The van der Waals surface area contributed by atoms with E-state index in [2.05, 4.69) is 0 Å². The van der Waals surface area contributed by atoms with Crippen molar-refractivity contribution in [3.05, 3.63) is 54.1 Å². The van der Waals surface area contributed by atoms with E-state index in [9.17, 15) is 8.42 Å². The third kappa shape index (κ3) is 5.95. The molecule has 7 heteroatoms. The van der Waals surface area contributed by atoms with Gasteiger partial charge in [0.2, 0.25) is 0 Å². The van der Waals surface area contributed by atoms with E-state index in [0.29, 0.717) is 30.3 Å². The Morgan fingerprint density at radius 1 is 0.960 bits per heavy atom. The molecule has 136 valence electrons. The van der Waals surface area contributed by atoms with Crippen molar-refractivity contribution in [3.8, 4) is 17.2 Å². The van der Waals surface area contributed by atoms with Gasteiger partial charge in [-0.2, -0.15) is 8.42 Å². The number of ether oxygens (including phenoxy) is 2. The van der Waals surface area contributed by atoms with Gasteiger partial charge in [0.25, 0.3) is 0 Å². The standard InChI is InChI=1S/C18H23NO5S/c1-19(14-15-9-10-17(22-2)18(13-15)23-3)11-12-25(20,21)24-16-7-5-4-6-8-16/h4-10,13H,11-12,14H2,1-3H3. The Morgan fingerprint density at radius 3 is 2.28 bits per heavy atom. The maximum Gasteiger partial charge on any atom is 0.310 e. The first-order chi connectivity index (χ1) is 11.9. The Bertz CT molecular complexity index is 777. The van der Waals surface area contributed by atoms with E-state index >= 15 is 0 Å². The third-order valence-electron chi connectivity index (χ3n) is 3.59. The van der Waals surface area contributed by atoms with Crippen LogP contribution in [0.1, 0.15) is 5.56 Å². The highest BCUT2D eigenvalue weighted by Crippen LogP contribution is 2.27. The summed E-state index contributed by atoms with van der Waals surface area (Å²) in [5, 5.41) is 0. The Hall–Kier alpha value is -2.25. The average molecular weight is 365 g/mol. The lowest BCUT2D eigenvalue weighted by Gasteiger charge is -2.18. The highest BCUT2D eigenvalue weighted by Gasteiger charge is 2.15. The van der Waals surface area contributed by atoms with Crippen LogP contribution < -0.4 is 13.7 Å². The van der Waals surface area contributed by atoms with Gasteiger partial charge in [-0.05, 0) is 36.9 Å². The predicted octanol–water partition coefficient (Wildman–Crippen LogP) is 2.54. The van der Waals surface area contributed by atoms with E-state index in [1.54, 1.807) is 44.6 Å². The maximum absolute atomic E-state index is 12.1. The van der Waals surface area contributed by atoms with Crippen LogP contribution >= 0.6 is 0 Å². The summed E-state index contributed by atoms with van der Waals surface area (Å²) in [5.74, 6) is 1.54. The van der Waals surface area contributed by atoms with Gasteiger partial charge >= 0.3 is 10.1 Å². The van der Waals surface area contributed by atoms with Gasteiger partial charge in [-0.25, -0.2) is 0 Å². The number of rotatable bonds is 9. The van der Waals surface area contributed by atoms with Crippen LogP contribution in [0.5, 0.6) is 17.2 Å². The van der Waals surface area contributed by atoms with Gasteiger partial charge in [-0.3, -0.25) is 0 Å². The highest BCUT2D eigenvalue weighted by molar-refractivity contribution is 7.87. The van der Waals surface area contributed by atoms with Crippen molar-refractivity contribution in [1.82, 2.24) is 4.90 Å². The molecule has 0 radical (unpaired) electrons. The number of benzene rings is 2. The average Bonchev–Trinajstić information content (AvgIpc) is 2.60. The zero-order valence-corrected chi connectivity index (χ0v) is 15.5. The van der Waals surface area contributed by atoms with Crippen molar-refractivity contribution < 1.29 is 22.1 Å². The predicted molar refractivity (Wildman–Crippen MR) is 96.7 cm³/mol. The second-order valence-electron chi connectivity index (χ2n) is 5.59. The molecule has 0 amide bonds. The van der Waals surface area contributed by atoms with Gasteiger partial charge in [0.05, 0.1) is 20.0 Å². The molecule has 2 aromatic rings. The first-order valence-electron chi connectivity index (χ1n) is 7.80. The number of methoxy groups -OCH3 is 2. The van der Waals surface area contributed by atoms with Crippen LogP contribution in [-0.4, -0.2) is 46.9 Å². The van der Waals surface area contributed by atoms with Crippen LogP contribution in [0, 0.1) is 0 Å². The van der Waals surface area contributed by atoms with Crippen molar-refractivity contribution in [2.45, 2.75) is 6.54 Å². The molecule has 0 atom stereocenters. The zero-order chi connectivity index (χ0) is 18.3. The lowest BCUT2D eigenvalue weighted by Crippen LogP contribution is -2.27. The molecule has 0 bridgehead atoms. The molecule has 0 N–H and O–H groups in total. The van der Waals surface area contributed by atoms with Crippen molar-refractivity contribution in [3.63, 3.8) is 0 Å². The van der Waals surface area contributed by atoms with Gasteiger partial charge in [0.1, 0.15) is 5.75 Å². The van der Waals surface area contributed by atoms with E-state index < -0.39 is 10.1 Å². The van der Waals surface area contributed by atoms with Crippen LogP contribution in [-0.2, 0) is 16.7 Å². The fourth-order valence-electron chi connectivity index (χ4n) is 2.30. The normalized spacial score (nSPS) is 11.4. The zero-order valence-electron chi connectivity index (χ0n) is 14.6. The van der Waals surface area contributed by atoms with Gasteiger partial charge in [-0.15, -0.1) is 0 Å². The second kappa shape index (κ2) is 8.73. The minimum absolute atomic E-state index is 0.0916. The van der Waals surface area contributed by atoms with Gasteiger partial charge in [0.15, 0.2) is 11.5 Å². The summed E-state index contributed by atoms with van der Waals surface area (Å²) in [6, 6.07) is 14.1. The molecule has 6 nitrogen and oxygen atoms in total. The smallest absolute Gasteiger partial charge is 0.310 e. The Balaban J connectivity index is 1.91. The quantitative estimate of drug-likeness (QED) is 0.636. The number of hydrogen-bond acceptors (Lipinski definition) is 6. The molecule has 2 rings (SSSR count). The van der Waals surface area contributed by atoms with Crippen LogP contribution in [0.3, 0.4) is 0 Å². The first kappa shape index (κ1) is 19.1. The van der Waals surface area contributed by atoms with Gasteiger partial charge < -0.3 is 18.6 Å². The van der Waals surface area contributed by atoms with Gasteiger partial charge in [-0.1, -0.05) is 24.3 Å². The maximum atomic E-state index is 12.1. The van der Waals surface area contributed by atoms with Crippen LogP contribution in [0.25, 0.3) is 0 Å². The minimum atomic E-state index is -3.63. The molecule has 0 heterocycles. The fourth-order valence-corrected chi connectivity index (χ4v) is 3.32. The van der Waals surface area contributed by atoms with Crippen LogP contribution in [0.15, 0.2) is 48.5 Å². The lowest BCUT2D eigenvalue weighted by atomic mass is 10.2. The molecule has 0 aliphatic rings. The van der Waals surface area contributed by atoms with E-state index in [1.807, 2.05) is 30.1 Å². The molecule has 0 fully saturated rings. The molecule has 2 aromatic carbocycles. The molecule has 0 unspecified atom stereocenters. The summed E-state index contributed by atoms with van der Waals surface area (Å²) in [7, 11) is 1.39. The fraction of sp³-hybridized carbons (Fsp3) is 0.333. The summed E-state index contributed by atoms with van der Waals surface area (Å²) in [6.07, 6.45) is 0. The van der Waals surface area contributed by atoms with E-state index in [4.69, 9.17) is 13.7 Å². The largest absolute Gasteiger partial charge is 0.493 e. The van der Waals surface area contributed by atoms with Crippen molar-refractivity contribution in [1.29, 1.82) is 0 Å². The molecule has 0 aromatic heterocycles. The number of nitrogens with zero attached hydrogens (tertiary/aromatic N) is 1. The van der Waals surface area contributed by atoms with Crippen molar-refractivity contribution in [2.75, 3.05) is 33.6 Å². The van der Waals surface area contributed by atoms with E-state index in [1.165, 1.54) is 0 Å². The van der Waals surface area contributed by atoms with Crippen LogP contribution in [0.4, 0.5) is 0 Å². The van der Waals surface area contributed by atoms with Crippen molar-refractivity contribution in [2.24, 2.45) is 0 Å². The number of para-hydroxylation sites is 1. The lowest BCUT2D eigenvalue weighted by molar-refractivity contribution is 0.336. The first-order valence-corrected chi connectivity index (χ1v) is 9.38. The molecule has 0 aliphatic carbocycles. The molecule has 0 saturated heterocycles. The summed E-state index contributed by atoms with van der Waals surface area (Å²) in [6.45, 7) is 0.935. The molecule has 0 spiro atoms. The number of hydrogen-bond donors (Lipinski definition) is 0.